The highest BCUT2D eigenvalue weighted by atomic mass is 32.2. The molecule has 2 atom stereocenters. The van der Waals surface area contributed by atoms with Crippen LogP contribution in [0.15, 0.2) is 5.16 Å². The molecule has 1 amide bonds. The fourth-order valence-electron chi connectivity index (χ4n) is 3.44. The Bertz CT molecular complexity index is 787. The molecule has 0 radical (unpaired) electrons. The van der Waals surface area contributed by atoms with E-state index in [4.69, 9.17) is 0 Å². The number of piperidine rings is 1. The van der Waals surface area contributed by atoms with Crippen LogP contribution in [0.2, 0.25) is 0 Å². The van der Waals surface area contributed by atoms with Gasteiger partial charge in [0.2, 0.25) is 11.1 Å². The molecule has 25 heavy (non-hydrogen) atoms. The van der Waals surface area contributed by atoms with E-state index < -0.39 is 0 Å². The number of amides is 1. The van der Waals surface area contributed by atoms with E-state index in [1.165, 1.54) is 18.2 Å². The molecule has 136 valence electrons. The number of fused-ring (bicyclic) bond motifs is 1. The molecule has 2 unspecified atom stereocenters. The molecule has 0 N–H and O–H groups in total. The van der Waals surface area contributed by atoms with Crippen molar-refractivity contribution in [3.05, 3.63) is 17.0 Å². The van der Waals surface area contributed by atoms with E-state index in [1.54, 1.807) is 4.52 Å². The molecule has 0 spiro atoms. The minimum absolute atomic E-state index is 0.188. The summed E-state index contributed by atoms with van der Waals surface area (Å²) < 4.78 is 1.78. The minimum atomic E-state index is -0.188. The molecule has 2 aromatic rings. The van der Waals surface area contributed by atoms with E-state index in [9.17, 15) is 4.79 Å². The number of likely N-dealkylation sites (tertiary alicyclic amines) is 1. The van der Waals surface area contributed by atoms with Crippen LogP contribution in [0, 0.1) is 20.8 Å². The molecular formula is C18H27N5OS. The fraction of sp³-hybridized carbons (Fsp3) is 0.667. The van der Waals surface area contributed by atoms with E-state index in [0.29, 0.717) is 17.0 Å². The zero-order valence-electron chi connectivity index (χ0n) is 15.7. The van der Waals surface area contributed by atoms with Crippen molar-refractivity contribution in [3.63, 3.8) is 0 Å². The summed E-state index contributed by atoms with van der Waals surface area (Å²) in [6, 6.07) is 0.382. The normalized spacial score (nSPS) is 19.4. The van der Waals surface area contributed by atoms with Crippen LogP contribution in [-0.4, -0.2) is 48.2 Å². The fourth-order valence-corrected chi connectivity index (χ4v) is 4.26. The molecule has 7 heteroatoms. The van der Waals surface area contributed by atoms with Gasteiger partial charge >= 0.3 is 0 Å². The van der Waals surface area contributed by atoms with Crippen LogP contribution in [0.3, 0.4) is 0 Å². The Morgan fingerprint density at radius 1 is 1.28 bits per heavy atom. The van der Waals surface area contributed by atoms with Gasteiger partial charge in [0.25, 0.3) is 5.78 Å². The third-order valence-corrected chi connectivity index (χ3v) is 6.19. The zero-order chi connectivity index (χ0) is 18.1. The van der Waals surface area contributed by atoms with Crippen molar-refractivity contribution in [3.8, 4) is 0 Å². The molecule has 0 saturated carbocycles. The molecule has 1 fully saturated rings. The van der Waals surface area contributed by atoms with Gasteiger partial charge in [0.15, 0.2) is 0 Å². The Hall–Kier alpha value is -1.63. The summed E-state index contributed by atoms with van der Waals surface area (Å²) in [7, 11) is 0. The quantitative estimate of drug-likeness (QED) is 0.782. The van der Waals surface area contributed by atoms with Gasteiger partial charge in [-0.15, -0.1) is 5.10 Å². The van der Waals surface area contributed by atoms with Gasteiger partial charge in [0.1, 0.15) is 0 Å². The van der Waals surface area contributed by atoms with E-state index in [2.05, 4.69) is 26.9 Å². The highest BCUT2D eigenvalue weighted by Gasteiger charge is 2.29. The van der Waals surface area contributed by atoms with Gasteiger partial charge in [-0.05, 0) is 58.9 Å². The first-order valence-electron chi connectivity index (χ1n) is 9.10. The number of carbonyl (C=O) groups is 1. The van der Waals surface area contributed by atoms with E-state index in [-0.39, 0.29) is 11.2 Å². The van der Waals surface area contributed by atoms with Crippen LogP contribution in [-0.2, 0) is 4.79 Å². The molecule has 6 nitrogen and oxygen atoms in total. The molecule has 0 bridgehead atoms. The van der Waals surface area contributed by atoms with Crippen LogP contribution in [0.5, 0.6) is 0 Å². The standard InChI is InChI=1S/C18H27N5OS/c1-6-15-9-7-8-10-22(15)16(24)14(5)25-18-20-17-19-12(3)11(2)13(4)23(17)21-18/h14-15H,6-10H2,1-5H3. The van der Waals surface area contributed by atoms with Crippen LogP contribution in [0.25, 0.3) is 5.78 Å². The Morgan fingerprint density at radius 3 is 2.76 bits per heavy atom. The number of aryl methyl sites for hydroxylation is 2. The van der Waals surface area contributed by atoms with Gasteiger partial charge in [-0.3, -0.25) is 4.79 Å². The Balaban J connectivity index is 1.78. The molecular weight excluding hydrogens is 334 g/mol. The average Bonchev–Trinajstić information content (AvgIpc) is 3.01. The third kappa shape index (κ3) is 3.52. The van der Waals surface area contributed by atoms with Crippen molar-refractivity contribution in [1.29, 1.82) is 0 Å². The molecule has 0 aliphatic carbocycles. The number of thioether (sulfide) groups is 1. The molecule has 2 aromatic heterocycles. The van der Waals surface area contributed by atoms with Crippen LogP contribution in [0.1, 0.15) is 56.5 Å². The van der Waals surface area contributed by atoms with Gasteiger partial charge < -0.3 is 4.90 Å². The molecule has 1 aliphatic heterocycles. The smallest absolute Gasteiger partial charge is 0.253 e. The predicted octanol–water partition coefficient (Wildman–Crippen LogP) is 3.32. The van der Waals surface area contributed by atoms with E-state index in [1.807, 2.05) is 27.7 Å². The Labute approximate surface area is 153 Å². The van der Waals surface area contributed by atoms with Crippen molar-refractivity contribution in [2.45, 2.75) is 76.8 Å². The summed E-state index contributed by atoms with van der Waals surface area (Å²) in [5, 5.41) is 4.99. The highest BCUT2D eigenvalue weighted by molar-refractivity contribution is 8.00. The van der Waals surface area contributed by atoms with E-state index >= 15 is 0 Å². The topological polar surface area (TPSA) is 63.4 Å². The third-order valence-electron chi connectivity index (χ3n) is 5.25. The number of carbonyl (C=O) groups excluding carboxylic acids is 1. The maximum Gasteiger partial charge on any atom is 0.253 e. The lowest BCUT2D eigenvalue weighted by Gasteiger charge is -2.36. The van der Waals surface area contributed by atoms with Crippen LogP contribution < -0.4 is 0 Å². The second kappa shape index (κ2) is 7.32. The lowest BCUT2D eigenvalue weighted by Crippen LogP contribution is -2.46. The lowest BCUT2D eigenvalue weighted by molar-refractivity contribution is -0.134. The van der Waals surface area contributed by atoms with Crippen LogP contribution >= 0.6 is 11.8 Å². The Morgan fingerprint density at radius 2 is 2.04 bits per heavy atom. The van der Waals surface area contributed by atoms with Gasteiger partial charge in [-0.2, -0.15) is 4.98 Å². The van der Waals surface area contributed by atoms with Crippen molar-refractivity contribution >= 4 is 23.4 Å². The van der Waals surface area contributed by atoms with Crippen LogP contribution in [0.4, 0.5) is 0 Å². The zero-order valence-corrected chi connectivity index (χ0v) is 16.6. The predicted molar refractivity (Wildman–Crippen MR) is 100.0 cm³/mol. The summed E-state index contributed by atoms with van der Waals surface area (Å²) in [5.74, 6) is 0.805. The summed E-state index contributed by atoms with van der Waals surface area (Å²) in [4.78, 5) is 24.0. The van der Waals surface area contributed by atoms with E-state index in [0.717, 1.165) is 42.8 Å². The molecule has 1 saturated heterocycles. The van der Waals surface area contributed by atoms with Gasteiger partial charge in [0, 0.05) is 24.0 Å². The number of hydrogen-bond acceptors (Lipinski definition) is 5. The number of rotatable bonds is 4. The summed E-state index contributed by atoms with van der Waals surface area (Å²) in [5.41, 5.74) is 3.14. The Kier molecular flexibility index (Phi) is 5.32. The number of hydrogen-bond donors (Lipinski definition) is 0. The molecule has 3 heterocycles. The maximum atomic E-state index is 12.9. The second-order valence-electron chi connectivity index (χ2n) is 6.86. The molecule has 0 aromatic carbocycles. The summed E-state index contributed by atoms with van der Waals surface area (Å²) >= 11 is 1.43. The van der Waals surface area contributed by atoms with Gasteiger partial charge in [0.05, 0.1) is 5.25 Å². The highest BCUT2D eigenvalue weighted by Crippen LogP contribution is 2.27. The summed E-state index contributed by atoms with van der Waals surface area (Å²) in [6.07, 6.45) is 4.47. The van der Waals surface area contributed by atoms with Gasteiger partial charge in [-0.25, -0.2) is 9.50 Å². The van der Waals surface area contributed by atoms with Crippen molar-refractivity contribution in [2.24, 2.45) is 0 Å². The molecule has 3 rings (SSSR count). The van der Waals surface area contributed by atoms with Crippen molar-refractivity contribution in [2.75, 3.05) is 6.54 Å². The first kappa shape index (κ1) is 18.2. The average molecular weight is 362 g/mol. The maximum absolute atomic E-state index is 12.9. The second-order valence-corrected chi connectivity index (χ2v) is 8.17. The number of nitrogens with zero attached hydrogens (tertiary/aromatic N) is 5. The van der Waals surface area contributed by atoms with Gasteiger partial charge in [-0.1, -0.05) is 18.7 Å². The first-order chi connectivity index (χ1) is 11.9. The minimum Gasteiger partial charge on any atom is -0.339 e. The summed E-state index contributed by atoms with van der Waals surface area (Å²) in [6.45, 7) is 11.0. The lowest BCUT2D eigenvalue weighted by atomic mass is 10.00. The molecule has 1 aliphatic rings. The monoisotopic (exact) mass is 361 g/mol. The SMILES string of the molecule is CCC1CCCCN1C(=O)C(C)Sc1nc2nc(C)c(C)c(C)n2n1. The first-order valence-corrected chi connectivity index (χ1v) is 9.98. The van der Waals surface area contributed by atoms with Crippen molar-refractivity contribution < 1.29 is 4.79 Å². The number of aromatic nitrogens is 4. The largest absolute Gasteiger partial charge is 0.339 e. The van der Waals surface area contributed by atoms with Crippen molar-refractivity contribution in [1.82, 2.24) is 24.5 Å².